The van der Waals surface area contributed by atoms with Gasteiger partial charge in [-0.1, -0.05) is 43.1 Å². The molecule has 2 aromatic rings. The molecule has 1 saturated carbocycles. The second-order valence-electron chi connectivity index (χ2n) is 15.9. The van der Waals surface area contributed by atoms with Gasteiger partial charge in [-0.15, -0.1) is 6.58 Å². The molecule has 302 valence electrons. The molecule has 2 heterocycles. The van der Waals surface area contributed by atoms with Crippen LogP contribution >= 0.6 is 0 Å². The molecule has 11 nitrogen and oxygen atoms in total. The quantitative estimate of drug-likeness (QED) is 0.0825. The van der Waals surface area contributed by atoms with Gasteiger partial charge in [-0.3, -0.25) is 9.88 Å². The molecule has 0 bridgehead atoms. The zero-order valence-corrected chi connectivity index (χ0v) is 33.8. The number of unbranched alkanes of at least 4 members (excludes halogenated alkanes) is 2. The van der Waals surface area contributed by atoms with Gasteiger partial charge >= 0.3 is 6.09 Å². The topological polar surface area (TPSA) is 132 Å². The molecule has 2 N–H and O–H groups in total. The first-order valence-corrected chi connectivity index (χ1v) is 20.3. The number of allylic oxidation sites excluding steroid dienone is 1. The minimum Gasteiger partial charge on any atom is -0.487 e. The SMILES string of the molecule is C=CCOC12Oc3ccc(OCc4cccc(C)n4)cc3C3C(CCCCO)C(CCCCO)C=C(C(=NOC(C)(C)C)CC1N(CCC)C(=O)OCC)C32. The van der Waals surface area contributed by atoms with Crippen LogP contribution in [-0.4, -0.2) is 82.3 Å². The average Bonchev–Trinajstić information content (AvgIpc) is 3.15. The summed E-state index contributed by atoms with van der Waals surface area (Å²) in [6.45, 7) is 17.1. The van der Waals surface area contributed by atoms with Crippen LogP contribution in [-0.2, 0) is 20.9 Å². The third-order valence-electron chi connectivity index (χ3n) is 10.8. The number of aromatic nitrogens is 1. The highest BCUT2D eigenvalue weighted by molar-refractivity contribution is 6.03. The summed E-state index contributed by atoms with van der Waals surface area (Å²) in [5.41, 5.74) is 3.95. The smallest absolute Gasteiger partial charge is 0.410 e. The Morgan fingerprint density at radius 2 is 1.87 bits per heavy atom. The fourth-order valence-corrected chi connectivity index (χ4v) is 8.59. The minimum absolute atomic E-state index is 0.104. The molecular formula is C44H63N3O8. The second kappa shape index (κ2) is 19.3. The monoisotopic (exact) mass is 761 g/mol. The molecule has 1 fully saturated rings. The molecule has 3 aliphatic rings. The molecule has 5 rings (SSSR count). The van der Waals surface area contributed by atoms with E-state index in [-0.39, 0.29) is 44.2 Å². The molecule has 0 saturated heterocycles. The number of carbonyl (C=O) groups is 1. The van der Waals surface area contributed by atoms with Crippen LogP contribution in [0, 0.1) is 24.7 Å². The summed E-state index contributed by atoms with van der Waals surface area (Å²) in [5.74, 6) is -0.294. The fraction of sp³-hybridized carbons (Fsp3) is 0.614. The molecule has 1 aliphatic heterocycles. The van der Waals surface area contributed by atoms with Crippen molar-refractivity contribution in [2.45, 2.75) is 123 Å². The zero-order chi connectivity index (χ0) is 39.6. The van der Waals surface area contributed by atoms with Crippen LogP contribution in [0.1, 0.15) is 109 Å². The van der Waals surface area contributed by atoms with Crippen LogP contribution in [0.5, 0.6) is 11.5 Å². The number of pyridine rings is 1. The number of hydrogen-bond acceptors (Lipinski definition) is 10. The number of nitrogens with zero attached hydrogens (tertiary/aromatic N) is 3. The van der Waals surface area contributed by atoms with Crippen LogP contribution in [0.4, 0.5) is 4.79 Å². The number of aryl methyl sites for hydroxylation is 1. The van der Waals surface area contributed by atoms with Gasteiger partial charge in [0.05, 0.1) is 30.5 Å². The summed E-state index contributed by atoms with van der Waals surface area (Å²) in [7, 11) is 0. The molecule has 0 radical (unpaired) electrons. The fourth-order valence-electron chi connectivity index (χ4n) is 8.59. The number of aliphatic hydroxyl groups is 2. The molecule has 6 unspecified atom stereocenters. The number of benzene rings is 1. The van der Waals surface area contributed by atoms with Crippen LogP contribution in [0.3, 0.4) is 0 Å². The van der Waals surface area contributed by atoms with Gasteiger partial charge in [-0.05, 0) is 114 Å². The van der Waals surface area contributed by atoms with Gasteiger partial charge in [-0.25, -0.2) is 4.79 Å². The molecule has 55 heavy (non-hydrogen) atoms. The van der Waals surface area contributed by atoms with Gasteiger partial charge < -0.3 is 34.0 Å². The number of carbonyl (C=O) groups excluding carboxylic acids is 1. The second-order valence-corrected chi connectivity index (χ2v) is 15.9. The normalized spacial score (nSPS) is 24.9. The van der Waals surface area contributed by atoms with Crippen molar-refractivity contribution in [3.8, 4) is 11.5 Å². The Kier molecular flexibility index (Phi) is 14.8. The largest absolute Gasteiger partial charge is 0.487 e. The maximum Gasteiger partial charge on any atom is 0.410 e. The highest BCUT2D eigenvalue weighted by Gasteiger charge is 2.65. The van der Waals surface area contributed by atoms with Gasteiger partial charge in [0.1, 0.15) is 29.7 Å². The van der Waals surface area contributed by atoms with Crippen LogP contribution in [0.2, 0.25) is 0 Å². The van der Waals surface area contributed by atoms with Crippen molar-refractivity contribution < 1.29 is 38.8 Å². The van der Waals surface area contributed by atoms with Crippen molar-refractivity contribution >= 4 is 11.8 Å². The maximum absolute atomic E-state index is 14.0. The van der Waals surface area contributed by atoms with E-state index < -0.39 is 29.4 Å². The van der Waals surface area contributed by atoms with Gasteiger partial charge in [0.15, 0.2) is 0 Å². The van der Waals surface area contributed by atoms with E-state index in [0.717, 1.165) is 53.9 Å². The number of hydrogen-bond donors (Lipinski definition) is 2. The first-order valence-electron chi connectivity index (χ1n) is 20.3. The van der Waals surface area contributed by atoms with Crippen molar-refractivity contribution in [1.29, 1.82) is 0 Å². The van der Waals surface area contributed by atoms with E-state index in [1.807, 2.05) is 71.9 Å². The van der Waals surface area contributed by atoms with E-state index >= 15 is 0 Å². The lowest BCUT2D eigenvalue weighted by molar-refractivity contribution is -0.255. The molecule has 6 atom stereocenters. The van der Waals surface area contributed by atoms with E-state index in [2.05, 4.69) is 23.7 Å². The molecule has 1 amide bonds. The Bertz CT molecular complexity index is 1650. The van der Waals surface area contributed by atoms with Gasteiger partial charge in [0, 0.05) is 43.4 Å². The number of aliphatic hydroxyl groups excluding tert-OH is 2. The van der Waals surface area contributed by atoms with Crippen LogP contribution in [0.15, 0.2) is 65.9 Å². The first-order chi connectivity index (χ1) is 26.5. The highest BCUT2D eigenvalue weighted by atomic mass is 16.7. The van der Waals surface area contributed by atoms with Crippen molar-refractivity contribution in [2.75, 3.05) is 33.0 Å². The number of ether oxygens (including phenoxy) is 4. The Labute approximate surface area is 327 Å². The predicted octanol–water partition coefficient (Wildman–Crippen LogP) is 8.27. The van der Waals surface area contributed by atoms with Crippen LogP contribution < -0.4 is 9.47 Å². The van der Waals surface area contributed by atoms with E-state index in [9.17, 15) is 15.0 Å². The number of oxime groups is 1. The predicted molar refractivity (Wildman–Crippen MR) is 213 cm³/mol. The van der Waals surface area contributed by atoms with Gasteiger partial charge in [0.25, 0.3) is 0 Å². The molecule has 0 spiro atoms. The summed E-state index contributed by atoms with van der Waals surface area (Å²) in [6, 6.07) is 11.3. The van der Waals surface area contributed by atoms with E-state index in [0.29, 0.717) is 50.3 Å². The number of fused-ring (bicyclic) bond motifs is 2. The molecule has 2 aliphatic carbocycles. The standard InChI is InChI=1S/C44H63N3O8/c1-8-22-47(42(50)51-10-3)39-28-37(46-55-43(5,6)7)35-26-31(17-11-13-23-48)34(19-12-14-24-49)40-36-27-33(52-29-32-18-15-16-30(4)45-32)20-21-38(36)54-44(39,41(35)40)53-25-9-2/h9,15-16,18,20-21,26-27,31,34,39-41,48-49H,2,8,10-14,17,19,22-25,28-29H2,1,3-7H3. The summed E-state index contributed by atoms with van der Waals surface area (Å²) < 4.78 is 26.4. The van der Waals surface area contributed by atoms with Gasteiger partial charge in [-0.2, -0.15) is 0 Å². The lowest BCUT2D eigenvalue weighted by Gasteiger charge is -2.60. The highest BCUT2D eigenvalue weighted by Crippen LogP contribution is 2.62. The zero-order valence-electron chi connectivity index (χ0n) is 33.8. The van der Waals surface area contributed by atoms with E-state index in [4.69, 9.17) is 28.9 Å². The van der Waals surface area contributed by atoms with E-state index in [1.165, 1.54) is 0 Å². The molecule has 1 aromatic heterocycles. The van der Waals surface area contributed by atoms with E-state index in [1.54, 1.807) is 11.0 Å². The molecule has 1 aromatic carbocycles. The summed E-state index contributed by atoms with van der Waals surface area (Å²) in [6.07, 6.45) is 9.43. The van der Waals surface area contributed by atoms with Gasteiger partial charge in [0.2, 0.25) is 5.79 Å². The maximum atomic E-state index is 14.0. The third kappa shape index (κ3) is 9.91. The molecule has 11 heteroatoms. The Balaban J connectivity index is 1.76. The minimum atomic E-state index is -1.33. The number of amides is 1. The summed E-state index contributed by atoms with van der Waals surface area (Å²) >= 11 is 0. The lowest BCUT2D eigenvalue weighted by atomic mass is 9.55. The Morgan fingerprint density at radius 3 is 2.55 bits per heavy atom. The average molecular weight is 762 g/mol. The van der Waals surface area contributed by atoms with Crippen molar-refractivity contribution in [2.24, 2.45) is 22.9 Å². The van der Waals surface area contributed by atoms with Crippen molar-refractivity contribution in [3.05, 3.63) is 77.7 Å². The third-order valence-corrected chi connectivity index (χ3v) is 10.8. The number of rotatable bonds is 19. The van der Waals surface area contributed by atoms with Crippen molar-refractivity contribution in [1.82, 2.24) is 9.88 Å². The lowest BCUT2D eigenvalue weighted by Crippen LogP contribution is -2.70. The summed E-state index contributed by atoms with van der Waals surface area (Å²) in [4.78, 5) is 26.5. The summed E-state index contributed by atoms with van der Waals surface area (Å²) in [5, 5.41) is 24.6. The molecular weight excluding hydrogens is 698 g/mol. The van der Waals surface area contributed by atoms with Crippen molar-refractivity contribution in [3.63, 3.8) is 0 Å². The first kappa shape index (κ1) is 42.2. The Morgan fingerprint density at radius 1 is 1.11 bits per heavy atom. The Hall–Kier alpha value is -3.93. The van der Waals surface area contributed by atoms with Crippen LogP contribution in [0.25, 0.3) is 0 Å².